The number of carbonyl (C=O) groups excluding carboxylic acids is 3. The lowest BCUT2D eigenvalue weighted by Crippen LogP contribution is -2.46. The van der Waals surface area contributed by atoms with Crippen molar-refractivity contribution in [2.24, 2.45) is 5.41 Å². The highest BCUT2D eigenvalue weighted by Crippen LogP contribution is 2.27. The van der Waals surface area contributed by atoms with Gasteiger partial charge < -0.3 is 19.5 Å². The molecule has 1 aliphatic heterocycles. The first kappa shape index (κ1) is 25.7. The largest absolute Gasteiger partial charge is 0.465 e. The van der Waals surface area contributed by atoms with Crippen LogP contribution in [0.1, 0.15) is 73.1 Å². The molecule has 0 aromatic carbocycles. The predicted octanol–water partition coefficient (Wildman–Crippen LogP) is 3.36. The van der Waals surface area contributed by atoms with E-state index in [9.17, 15) is 14.4 Å². The Morgan fingerprint density at radius 1 is 1.17 bits per heavy atom. The molecule has 1 aliphatic rings. The molecule has 0 aromatic rings. The predicted molar refractivity (Wildman–Crippen MR) is 111 cm³/mol. The molecule has 4 atom stereocenters. The van der Waals surface area contributed by atoms with Crippen molar-refractivity contribution in [2.75, 3.05) is 12.5 Å². The van der Waals surface area contributed by atoms with Gasteiger partial charge in [-0.1, -0.05) is 0 Å². The van der Waals surface area contributed by atoms with Gasteiger partial charge in [-0.3, -0.25) is 14.4 Å². The van der Waals surface area contributed by atoms with Gasteiger partial charge in [0.1, 0.15) is 6.10 Å². The number of alkyl halides is 1. The van der Waals surface area contributed by atoms with Gasteiger partial charge in [-0.2, -0.15) is 0 Å². The number of esters is 2. The summed E-state index contributed by atoms with van der Waals surface area (Å²) in [7, 11) is 0. The van der Waals surface area contributed by atoms with Crippen LogP contribution in [0.4, 0.5) is 0 Å². The van der Waals surface area contributed by atoms with Crippen LogP contribution < -0.4 is 5.32 Å². The van der Waals surface area contributed by atoms with Crippen molar-refractivity contribution in [2.45, 2.75) is 97.5 Å². The molecule has 1 saturated heterocycles. The normalized spacial score (nSPS) is 23.2. The Kier molecular flexibility index (Phi) is 11.0. The van der Waals surface area contributed by atoms with Crippen LogP contribution in [-0.4, -0.2) is 54.7 Å². The molecule has 0 unspecified atom stereocenters. The van der Waals surface area contributed by atoms with Crippen molar-refractivity contribution in [3.63, 3.8) is 0 Å². The average Bonchev–Trinajstić information content (AvgIpc) is 2.57. The van der Waals surface area contributed by atoms with Crippen molar-refractivity contribution < 1.29 is 28.6 Å². The second-order valence-corrected chi connectivity index (χ2v) is 9.10. The van der Waals surface area contributed by atoms with E-state index in [2.05, 4.69) is 5.32 Å². The molecule has 1 rings (SSSR count). The Morgan fingerprint density at radius 2 is 1.83 bits per heavy atom. The number of amides is 1. The smallest absolute Gasteiger partial charge is 0.311 e. The first-order chi connectivity index (χ1) is 13.5. The maximum atomic E-state index is 11.9. The molecule has 0 spiro atoms. The summed E-state index contributed by atoms with van der Waals surface area (Å²) >= 11 is 5.81. The van der Waals surface area contributed by atoms with E-state index in [0.29, 0.717) is 25.1 Å². The van der Waals surface area contributed by atoms with Crippen molar-refractivity contribution in [1.29, 1.82) is 0 Å². The summed E-state index contributed by atoms with van der Waals surface area (Å²) < 4.78 is 16.9. The summed E-state index contributed by atoms with van der Waals surface area (Å²) in [5.41, 5.74) is -0.579. The van der Waals surface area contributed by atoms with Gasteiger partial charge in [-0.25, -0.2) is 0 Å². The van der Waals surface area contributed by atoms with Crippen molar-refractivity contribution in [1.82, 2.24) is 5.32 Å². The fourth-order valence-corrected chi connectivity index (χ4v) is 3.57. The Labute approximate surface area is 179 Å². The van der Waals surface area contributed by atoms with E-state index in [-0.39, 0.29) is 42.7 Å². The summed E-state index contributed by atoms with van der Waals surface area (Å²) in [6.07, 6.45) is 3.35. The summed E-state index contributed by atoms with van der Waals surface area (Å²) in [4.78, 5) is 35.0. The molecule has 168 valence electrons. The van der Waals surface area contributed by atoms with Gasteiger partial charge in [-0.05, 0) is 46.5 Å². The van der Waals surface area contributed by atoms with Crippen molar-refractivity contribution in [3.05, 3.63) is 0 Å². The number of carbonyl (C=O) groups is 3. The second-order valence-electron chi connectivity index (χ2n) is 8.72. The van der Waals surface area contributed by atoms with Gasteiger partial charge in [0.05, 0.1) is 24.2 Å². The van der Waals surface area contributed by atoms with Gasteiger partial charge in [0.15, 0.2) is 0 Å². The molecule has 1 N–H and O–H groups in total. The second kappa shape index (κ2) is 12.4. The molecule has 29 heavy (non-hydrogen) atoms. The Hall–Kier alpha value is -1.34. The lowest BCUT2D eigenvalue weighted by atomic mass is 9.92. The molecule has 0 saturated carbocycles. The molecule has 0 aromatic heterocycles. The van der Waals surface area contributed by atoms with E-state index < -0.39 is 11.5 Å². The third-order valence-electron chi connectivity index (χ3n) is 4.69. The molecule has 8 heteroatoms. The number of hydrogen-bond donors (Lipinski definition) is 1. The van der Waals surface area contributed by atoms with Crippen LogP contribution in [0, 0.1) is 5.41 Å². The van der Waals surface area contributed by atoms with Crippen LogP contribution in [0.3, 0.4) is 0 Å². The minimum Gasteiger partial charge on any atom is -0.465 e. The SMILES string of the molecule is CC(=O)N[C@@H]1C[C@H](CCCCl)O[C@H](C[C@H](CCOC(=O)C(C)(C)C)OC(C)=O)C1. The molecule has 0 aliphatic carbocycles. The average molecular weight is 434 g/mol. The molecule has 1 heterocycles. The highest BCUT2D eigenvalue weighted by atomic mass is 35.5. The fourth-order valence-electron chi connectivity index (χ4n) is 3.41. The molecule has 7 nitrogen and oxygen atoms in total. The molecule has 1 fully saturated rings. The van der Waals surface area contributed by atoms with Crippen LogP contribution in [0.5, 0.6) is 0 Å². The van der Waals surface area contributed by atoms with Gasteiger partial charge in [0, 0.05) is 38.6 Å². The van der Waals surface area contributed by atoms with E-state index in [1.54, 1.807) is 20.8 Å². The minimum atomic E-state index is -0.579. The number of hydrogen-bond acceptors (Lipinski definition) is 6. The van der Waals surface area contributed by atoms with E-state index in [1.165, 1.54) is 13.8 Å². The lowest BCUT2D eigenvalue weighted by molar-refractivity contribution is -0.156. The lowest BCUT2D eigenvalue weighted by Gasteiger charge is -2.37. The Balaban J connectivity index is 2.69. The molecule has 0 bridgehead atoms. The van der Waals surface area contributed by atoms with Gasteiger partial charge in [-0.15, -0.1) is 11.6 Å². The number of nitrogens with one attached hydrogen (secondary N) is 1. The molecule has 1 amide bonds. The summed E-state index contributed by atoms with van der Waals surface area (Å²) in [5, 5.41) is 2.98. The van der Waals surface area contributed by atoms with Crippen molar-refractivity contribution >= 4 is 29.4 Å². The zero-order valence-electron chi connectivity index (χ0n) is 18.3. The van der Waals surface area contributed by atoms with E-state index in [4.69, 9.17) is 25.8 Å². The Bertz CT molecular complexity index is 548. The molecule has 0 radical (unpaired) electrons. The summed E-state index contributed by atoms with van der Waals surface area (Å²) in [5.74, 6) is -0.188. The number of ether oxygens (including phenoxy) is 3. The van der Waals surface area contributed by atoms with Crippen molar-refractivity contribution in [3.8, 4) is 0 Å². The zero-order valence-corrected chi connectivity index (χ0v) is 19.0. The maximum Gasteiger partial charge on any atom is 0.311 e. The zero-order chi connectivity index (χ0) is 22.0. The van der Waals surface area contributed by atoms with E-state index >= 15 is 0 Å². The van der Waals surface area contributed by atoms with Gasteiger partial charge in [0.2, 0.25) is 5.91 Å². The standard InChI is InChI=1S/C21H36ClNO6/c1-14(24)23-16-11-17(7-6-9-22)29-19(12-16)13-18(28-15(2)25)8-10-27-20(26)21(3,4)5/h16-19H,6-13H2,1-5H3,(H,23,24)/t16-,17+,18+,19+/m1/s1. The fraction of sp³-hybridized carbons (Fsp3) is 0.857. The summed E-state index contributed by atoms with van der Waals surface area (Å²) in [6, 6.07) is 0.0169. The third-order valence-corrected chi connectivity index (χ3v) is 4.96. The van der Waals surface area contributed by atoms with Crippen LogP contribution in [0.15, 0.2) is 0 Å². The summed E-state index contributed by atoms with van der Waals surface area (Å²) in [6.45, 7) is 8.40. The number of halogens is 1. The Morgan fingerprint density at radius 3 is 2.38 bits per heavy atom. The highest BCUT2D eigenvalue weighted by Gasteiger charge is 2.32. The quantitative estimate of drug-likeness (QED) is 0.419. The topological polar surface area (TPSA) is 90.9 Å². The van der Waals surface area contributed by atoms with E-state index in [1.807, 2.05) is 0 Å². The van der Waals surface area contributed by atoms with Gasteiger partial charge in [0.25, 0.3) is 0 Å². The first-order valence-electron chi connectivity index (χ1n) is 10.3. The van der Waals surface area contributed by atoms with Crippen LogP contribution in [0.2, 0.25) is 0 Å². The van der Waals surface area contributed by atoms with Crippen LogP contribution in [-0.2, 0) is 28.6 Å². The molecular weight excluding hydrogens is 398 g/mol. The highest BCUT2D eigenvalue weighted by molar-refractivity contribution is 6.17. The van der Waals surface area contributed by atoms with Crippen LogP contribution in [0.25, 0.3) is 0 Å². The van der Waals surface area contributed by atoms with Crippen LogP contribution >= 0.6 is 11.6 Å². The monoisotopic (exact) mass is 433 g/mol. The number of rotatable bonds is 10. The minimum absolute atomic E-state index is 0.000969. The first-order valence-corrected chi connectivity index (χ1v) is 10.9. The van der Waals surface area contributed by atoms with E-state index in [0.717, 1.165) is 19.3 Å². The molecular formula is C21H36ClNO6. The van der Waals surface area contributed by atoms with Gasteiger partial charge >= 0.3 is 11.9 Å². The maximum absolute atomic E-state index is 11.9. The third kappa shape index (κ3) is 10.8.